The van der Waals surface area contributed by atoms with Gasteiger partial charge in [-0.15, -0.1) is 0 Å². The van der Waals surface area contributed by atoms with Gasteiger partial charge in [0.15, 0.2) is 0 Å². The molecule has 25 heavy (non-hydrogen) atoms. The van der Waals surface area contributed by atoms with Crippen LogP contribution in [0.3, 0.4) is 0 Å². The van der Waals surface area contributed by atoms with Gasteiger partial charge in [0.25, 0.3) is 0 Å². The molecule has 0 N–H and O–H groups in total. The summed E-state index contributed by atoms with van der Waals surface area (Å²) in [6.45, 7) is 5.14. The average molecular weight is 360 g/mol. The van der Waals surface area contributed by atoms with Crippen molar-refractivity contribution in [1.29, 1.82) is 0 Å². The molecule has 1 aliphatic rings. The van der Waals surface area contributed by atoms with Crippen LogP contribution >= 0.6 is 11.6 Å². The second-order valence-electron chi connectivity index (χ2n) is 6.43. The molecule has 1 unspecified atom stereocenters. The predicted molar refractivity (Wildman–Crippen MR) is 96.9 cm³/mol. The Morgan fingerprint density at radius 3 is 2.76 bits per heavy atom. The fourth-order valence-corrected chi connectivity index (χ4v) is 3.26. The van der Waals surface area contributed by atoms with Crippen molar-refractivity contribution in [3.8, 4) is 6.01 Å². The first-order chi connectivity index (χ1) is 12.0. The van der Waals surface area contributed by atoms with Gasteiger partial charge in [-0.3, -0.25) is 4.79 Å². The third kappa shape index (κ3) is 4.92. The average Bonchev–Trinajstić information content (AvgIpc) is 3.00. The molecular weight excluding hydrogens is 338 g/mol. The summed E-state index contributed by atoms with van der Waals surface area (Å²) in [5.41, 5.74) is 2.85. The van der Waals surface area contributed by atoms with Gasteiger partial charge in [-0.05, 0) is 44.0 Å². The van der Waals surface area contributed by atoms with E-state index >= 15 is 0 Å². The molecule has 1 amide bonds. The number of carbonyl (C=O) groups is 1. The zero-order valence-corrected chi connectivity index (χ0v) is 15.3. The van der Waals surface area contributed by atoms with Crippen molar-refractivity contribution in [2.24, 2.45) is 0 Å². The summed E-state index contributed by atoms with van der Waals surface area (Å²) in [6, 6.07) is 9.95. The van der Waals surface area contributed by atoms with Crippen molar-refractivity contribution in [3.63, 3.8) is 0 Å². The van der Waals surface area contributed by atoms with E-state index in [1.807, 2.05) is 49.1 Å². The number of halogens is 1. The first-order valence-electron chi connectivity index (χ1n) is 8.51. The molecule has 0 aliphatic carbocycles. The number of ether oxygens (including phenoxy) is 1. The molecule has 6 heteroatoms. The molecule has 0 saturated carbocycles. The Bertz CT molecular complexity index is 746. The van der Waals surface area contributed by atoms with Crippen LogP contribution in [-0.2, 0) is 11.2 Å². The third-order valence-electron chi connectivity index (χ3n) is 4.25. The largest absolute Gasteiger partial charge is 0.458 e. The van der Waals surface area contributed by atoms with Crippen molar-refractivity contribution in [3.05, 3.63) is 52.3 Å². The van der Waals surface area contributed by atoms with E-state index in [0.29, 0.717) is 37.0 Å². The van der Waals surface area contributed by atoms with Gasteiger partial charge in [0.05, 0.1) is 6.54 Å². The Morgan fingerprint density at radius 2 is 2.04 bits per heavy atom. The predicted octanol–water partition coefficient (Wildman–Crippen LogP) is 3.36. The normalized spacial score (nSPS) is 16.9. The highest BCUT2D eigenvalue weighted by Crippen LogP contribution is 2.18. The summed E-state index contributed by atoms with van der Waals surface area (Å²) < 4.78 is 5.86. The molecule has 1 aromatic carbocycles. The van der Waals surface area contributed by atoms with Crippen LogP contribution in [0.5, 0.6) is 6.01 Å². The Kier molecular flexibility index (Phi) is 5.53. The lowest BCUT2D eigenvalue weighted by atomic mass is 10.1. The highest BCUT2D eigenvalue weighted by atomic mass is 35.5. The minimum Gasteiger partial charge on any atom is -0.458 e. The van der Waals surface area contributed by atoms with E-state index in [0.717, 1.165) is 23.4 Å². The summed E-state index contributed by atoms with van der Waals surface area (Å²) >= 11 is 5.98. The number of amides is 1. The molecule has 1 fully saturated rings. The van der Waals surface area contributed by atoms with Gasteiger partial charge in [-0.2, -0.15) is 0 Å². The summed E-state index contributed by atoms with van der Waals surface area (Å²) in [6.07, 6.45) is 1.94. The molecule has 132 valence electrons. The topological polar surface area (TPSA) is 55.3 Å². The number of likely N-dealkylation sites (tertiary alicyclic amines) is 1. The standard InChI is InChI=1S/C19H22ClN3O2/c1-13-10-14(2)22-19(21-13)25-17-8-9-23(12-17)18(24)7-6-15-4-3-5-16(20)11-15/h3-5,10-11,17H,6-9,12H2,1-2H3. The molecule has 1 aliphatic heterocycles. The maximum atomic E-state index is 12.4. The number of aryl methyl sites for hydroxylation is 3. The highest BCUT2D eigenvalue weighted by molar-refractivity contribution is 6.30. The smallest absolute Gasteiger partial charge is 0.317 e. The molecule has 2 heterocycles. The van der Waals surface area contributed by atoms with Crippen LogP contribution in [0.15, 0.2) is 30.3 Å². The number of hydrogen-bond donors (Lipinski definition) is 0. The van der Waals surface area contributed by atoms with Gasteiger partial charge < -0.3 is 9.64 Å². The zero-order chi connectivity index (χ0) is 17.8. The lowest BCUT2D eigenvalue weighted by Gasteiger charge is -2.17. The van der Waals surface area contributed by atoms with Crippen LogP contribution in [0.4, 0.5) is 0 Å². The summed E-state index contributed by atoms with van der Waals surface area (Å²) in [7, 11) is 0. The summed E-state index contributed by atoms with van der Waals surface area (Å²) in [4.78, 5) is 22.9. The van der Waals surface area contributed by atoms with Crippen LogP contribution in [0.1, 0.15) is 29.8 Å². The fraction of sp³-hybridized carbons (Fsp3) is 0.421. The Hall–Kier alpha value is -2.14. The number of nitrogens with zero attached hydrogens (tertiary/aromatic N) is 3. The van der Waals surface area contributed by atoms with Crippen LogP contribution in [0.25, 0.3) is 0 Å². The lowest BCUT2D eigenvalue weighted by Crippen LogP contribution is -2.31. The molecule has 1 atom stereocenters. The monoisotopic (exact) mass is 359 g/mol. The van der Waals surface area contributed by atoms with E-state index in [4.69, 9.17) is 16.3 Å². The molecule has 5 nitrogen and oxygen atoms in total. The van der Waals surface area contributed by atoms with Crippen molar-refractivity contribution in [2.45, 2.75) is 39.2 Å². The zero-order valence-electron chi connectivity index (χ0n) is 14.5. The van der Waals surface area contributed by atoms with E-state index in [1.54, 1.807) is 0 Å². The maximum Gasteiger partial charge on any atom is 0.317 e. The van der Waals surface area contributed by atoms with Crippen LogP contribution in [-0.4, -0.2) is 40.0 Å². The second-order valence-corrected chi connectivity index (χ2v) is 6.87. The first kappa shape index (κ1) is 17.7. The molecule has 1 aromatic heterocycles. The van der Waals surface area contributed by atoms with Crippen molar-refractivity contribution in [1.82, 2.24) is 14.9 Å². The van der Waals surface area contributed by atoms with Gasteiger partial charge >= 0.3 is 6.01 Å². The first-order valence-corrected chi connectivity index (χ1v) is 8.88. The Balaban J connectivity index is 1.50. The van der Waals surface area contributed by atoms with Gasteiger partial charge in [-0.1, -0.05) is 23.7 Å². The Morgan fingerprint density at radius 1 is 1.28 bits per heavy atom. The molecule has 0 bridgehead atoms. The lowest BCUT2D eigenvalue weighted by molar-refractivity contribution is -0.130. The molecule has 1 saturated heterocycles. The van der Waals surface area contributed by atoms with Gasteiger partial charge in [0, 0.05) is 35.8 Å². The van der Waals surface area contributed by atoms with E-state index in [1.165, 1.54) is 0 Å². The fourth-order valence-electron chi connectivity index (χ4n) is 3.05. The summed E-state index contributed by atoms with van der Waals surface area (Å²) in [5.74, 6) is 0.146. The second kappa shape index (κ2) is 7.83. The van der Waals surface area contributed by atoms with E-state index < -0.39 is 0 Å². The number of aromatic nitrogens is 2. The minimum absolute atomic E-state index is 0.0451. The minimum atomic E-state index is -0.0451. The van der Waals surface area contributed by atoms with E-state index in [9.17, 15) is 4.79 Å². The molecule has 0 radical (unpaired) electrons. The maximum absolute atomic E-state index is 12.4. The molecule has 2 aromatic rings. The van der Waals surface area contributed by atoms with Crippen LogP contribution in [0.2, 0.25) is 5.02 Å². The quantitative estimate of drug-likeness (QED) is 0.821. The highest BCUT2D eigenvalue weighted by Gasteiger charge is 2.28. The van der Waals surface area contributed by atoms with Crippen LogP contribution < -0.4 is 4.74 Å². The number of benzene rings is 1. The Labute approximate surface area is 153 Å². The van der Waals surface area contributed by atoms with E-state index in [2.05, 4.69) is 9.97 Å². The van der Waals surface area contributed by atoms with Crippen molar-refractivity contribution in [2.75, 3.05) is 13.1 Å². The number of carbonyl (C=O) groups excluding carboxylic acids is 1. The van der Waals surface area contributed by atoms with Crippen molar-refractivity contribution < 1.29 is 9.53 Å². The number of rotatable bonds is 5. The SMILES string of the molecule is Cc1cc(C)nc(OC2CCN(C(=O)CCc3cccc(Cl)c3)C2)n1. The van der Waals surface area contributed by atoms with Gasteiger partial charge in [-0.25, -0.2) is 9.97 Å². The molecular formula is C19H22ClN3O2. The van der Waals surface area contributed by atoms with Gasteiger partial charge in [0.1, 0.15) is 6.10 Å². The van der Waals surface area contributed by atoms with Crippen LogP contribution in [0, 0.1) is 13.8 Å². The van der Waals surface area contributed by atoms with Gasteiger partial charge in [0.2, 0.25) is 5.91 Å². The number of hydrogen-bond acceptors (Lipinski definition) is 4. The molecule has 0 spiro atoms. The van der Waals surface area contributed by atoms with Crippen molar-refractivity contribution >= 4 is 17.5 Å². The summed E-state index contributed by atoms with van der Waals surface area (Å²) in [5, 5.41) is 0.702. The third-order valence-corrected chi connectivity index (χ3v) is 4.48. The van der Waals surface area contributed by atoms with E-state index in [-0.39, 0.29) is 12.0 Å². The molecule has 3 rings (SSSR count).